The van der Waals surface area contributed by atoms with Crippen molar-refractivity contribution in [1.82, 2.24) is 5.48 Å². The second-order valence-electron chi connectivity index (χ2n) is 5.28. The SMILES string of the molecule is O=C(CCSCCCC(Cc1cccc(C(=O)O)c1)C(=O)O)NO. The molecule has 0 aliphatic heterocycles. The van der Waals surface area contributed by atoms with Crippen LogP contribution in [0.15, 0.2) is 24.3 Å². The zero-order valence-electron chi connectivity index (χ0n) is 13.1. The topological polar surface area (TPSA) is 124 Å². The van der Waals surface area contributed by atoms with Crippen molar-refractivity contribution in [3.05, 3.63) is 35.4 Å². The van der Waals surface area contributed by atoms with Gasteiger partial charge in [-0.3, -0.25) is 14.8 Å². The second-order valence-corrected chi connectivity index (χ2v) is 6.51. The summed E-state index contributed by atoms with van der Waals surface area (Å²) < 4.78 is 0. The van der Waals surface area contributed by atoms with Crippen LogP contribution in [0.3, 0.4) is 0 Å². The Kier molecular flexibility index (Phi) is 8.88. The minimum atomic E-state index is -1.04. The Morgan fingerprint density at radius 2 is 1.92 bits per heavy atom. The number of benzene rings is 1. The Morgan fingerprint density at radius 3 is 2.54 bits per heavy atom. The molecule has 0 heterocycles. The van der Waals surface area contributed by atoms with Crippen LogP contribution in [-0.2, 0) is 16.0 Å². The Hall–Kier alpha value is -2.06. The third-order valence-corrected chi connectivity index (χ3v) is 4.51. The molecule has 0 saturated heterocycles. The molecule has 0 bridgehead atoms. The van der Waals surface area contributed by atoms with Crippen LogP contribution in [0.25, 0.3) is 0 Å². The molecule has 7 nitrogen and oxygen atoms in total. The molecule has 132 valence electrons. The number of nitrogens with one attached hydrogen (secondary N) is 1. The van der Waals surface area contributed by atoms with E-state index in [1.54, 1.807) is 17.6 Å². The average Bonchev–Trinajstić information content (AvgIpc) is 2.56. The van der Waals surface area contributed by atoms with Crippen LogP contribution in [-0.4, -0.2) is 44.8 Å². The van der Waals surface area contributed by atoms with Gasteiger partial charge in [0.2, 0.25) is 5.91 Å². The largest absolute Gasteiger partial charge is 0.481 e. The van der Waals surface area contributed by atoms with Crippen LogP contribution in [0.4, 0.5) is 0 Å². The van der Waals surface area contributed by atoms with Crippen molar-refractivity contribution in [2.24, 2.45) is 5.92 Å². The van der Waals surface area contributed by atoms with Crippen LogP contribution in [0.5, 0.6) is 0 Å². The molecule has 1 atom stereocenters. The van der Waals surface area contributed by atoms with E-state index in [9.17, 15) is 19.5 Å². The molecule has 0 fully saturated rings. The summed E-state index contributed by atoms with van der Waals surface area (Å²) in [6, 6.07) is 6.31. The van der Waals surface area contributed by atoms with E-state index in [1.807, 2.05) is 0 Å². The maximum atomic E-state index is 11.4. The van der Waals surface area contributed by atoms with Gasteiger partial charge >= 0.3 is 11.9 Å². The van der Waals surface area contributed by atoms with Crippen molar-refractivity contribution < 1.29 is 29.8 Å². The highest BCUT2D eigenvalue weighted by Crippen LogP contribution is 2.18. The van der Waals surface area contributed by atoms with Crippen molar-refractivity contribution in [3.8, 4) is 0 Å². The number of carbonyl (C=O) groups is 3. The molecule has 1 amide bonds. The molecule has 0 radical (unpaired) electrons. The number of rotatable bonds is 11. The number of amides is 1. The molecule has 8 heteroatoms. The molecular weight excluding hydrogens is 334 g/mol. The lowest BCUT2D eigenvalue weighted by Crippen LogP contribution is -2.19. The van der Waals surface area contributed by atoms with Crippen LogP contribution >= 0.6 is 11.8 Å². The number of carbonyl (C=O) groups excluding carboxylic acids is 1. The van der Waals surface area contributed by atoms with E-state index in [0.717, 1.165) is 5.75 Å². The zero-order valence-corrected chi connectivity index (χ0v) is 13.9. The number of thioether (sulfide) groups is 1. The first kappa shape index (κ1) is 20.0. The minimum Gasteiger partial charge on any atom is -0.481 e. The van der Waals surface area contributed by atoms with Crippen LogP contribution in [0.2, 0.25) is 0 Å². The van der Waals surface area contributed by atoms with E-state index >= 15 is 0 Å². The lowest BCUT2D eigenvalue weighted by atomic mass is 9.94. The van der Waals surface area contributed by atoms with Gasteiger partial charge in [-0.05, 0) is 42.7 Å². The summed E-state index contributed by atoms with van der Waals surface area (Å²) >= 11 is 1.52. The van der Waals surface area contributed by atoms with Crippen LogP contribution < -0.4 is 5.48 Å². The number of carboxylic acid groups (broad SMARTS) is 2. The fraction of sp³-hybridized carbons (Fsp3) is 0.438. The van der Waals surface area contributed by atoms with Gasteiger partial charge in [0.25, 0.3) is 0 Å². The Labute approximate surface area is 144 Å². The number of aliphatic carboxylic acids is 1. The predicted molar refractivity (Wildman–Crippen MR) is 89.3 cm³/mol. The summed E-state index contributed by atoms with van der Waals surface area (Å²) in [5.74, 6) is -1.67. The van der Waals surface area contributed by atoms with Gasteiger partial charge in [0, 0.05) is 12.2 Å². The second kappa shape index (κ2) is 10.7. The Balaban J connectivity index is 2.42. The minimum absolute atomic E-state index is 0.148. The maximum Gasteiger partial charge on any atom is 0.335 e. The van der Waals surface area contributed by atoms with E-state index < -0.39 is 23.8 Å². The summed E-state index contributed by atoms with van der Waals surface area (Å²) in [6.07, 6.45) is 1.66. The fourth-order valence-electron chi connectivity index (χ4n) is 2.18. The molecule has 1 rings (SSSR count). The van der Waals surface area contributed by atoms with E-state index in [1.165, 1.54) is 23.9 Å². The predicted octanol–water partition coefficient (Wildman–Crippen LogP) is 2.04. The molecule has 1 unspecified atom stereocenters. The van der Waals surface area contributed by atoms with Crippen molar-refractivity contribution in [2.45, 2.75) is 25.7 Å². The Morgan fingerprint density at radius 1 is 1.17 bits per heavy atom. The molecule has 1 aromatic rings. The number of hydroxylamine groups is 1. The van der Waals surface area contributed by atoms with Gasteiger partial charge in [-0.15, -0.1) is 0 Å². The highest BCUT2D eigenvalue weighted by molar-refractivity contribution is 7.99. The fourth-order valence-corrected chi connectivity index (χ4v) is 3.09. The molecule has 1 aromatic carbocycles. The molecule has 0 aliphatic rings. The smallest absolute Gasteiger partial charge is 0.335 e. The average molecular weight is 355 g/mol. The lowest BCUT2D eigenvalue weighted by Gasteiger charge is -2.12. The van der Waals surface area contributed by atoms with Crippen LogP contribution in [0.1, 0.15) is 35.2 Å². The Bertz CT molecular complexity index is 577. The number of carboxylic acids is 2. The summed E-state index contributed by atoms with van der Waals surface area (Å²) in [4.78, 5) is 33.1. The third kappa shape index (κ3) is 7.47. The summed E-state index contributed by atoms with van der Waals surface area (Å²) in [5, 5.41) is 26.6. The van der Waals surface area contributed by atoms with Gasteiger partial charge < -0.3 is 10.2 Å². The van der Waals surface area contributed by atoms with Crippen molar-refractivity contribution in [1.29, 1.82) is 0 Å². The summed E-state index contributed by atoms with van der Waals surface area (Å²) in [6.45, 7) is 0. The quantitative estimate of drug-likeness (QED) is 0.272. The summed E-state index contributed by atoms with van der Waals surface area (Å²) in [7, 11) is 0. The molecule has 4 N–H and O–H groups in total. The number of hydrogen-bond donors (Lipinski definition) is 4. The zero-order chi connectivity index (χ0) is 17.9. The van der Waals surface area contributed by atoms with E-state index in [2.05, 4.69) is 0 Å². The third-order valence-electron chi connectivity index (χ3n) is 3.44. The van der Waals surface area contributed by atoms with Gasteiger partial charge in [-0.2, -0.15) is 11.8 Å². The number of aromatic carboxylic acids is 1. The van der Waals surface area contributed by atoms with Crippen molar-refractivity contribution >= 4 is 29.6 Å². The van der Waals surface area contributed by atoms with E-state index in [0.29, 0.717) is 24.2 Å². The monoisotopic (exact) mass is 355 g/mol. The normalized spacial score (nSPS) is 11.7. The maximum absolute atomic E-state index is 11.4. The van der Waals surface area contributed by atoms with Gasteiger partial charge in [0.15, 0.2) is 0 Å². The highest BCUT2D eigenvalue weighted by atomic mass is 32.2. The van der Waals surface area contributed by atoms with Gasteiger partial charge in [-0.1, -0.05) is 12.1 Å². The number of hydrogen-bond acceptors (Lipinski definition) is 5. The van der Waals surface area contributed by atoms with E-state index in [4.69, 9.17) is 10.3 Å². The van der Waals surface area contributed by atoms with Crippen molar-refractivity contribution in [2.75, 3.05) is 11.5 Å². The van der Waals surface area contributed by atoms with Crippen molar-refractivity contribution in [3.63, 3.8) is 0 Å². The molecule has 0 aromatic heterocycles. The lowest BCUT2D eigenvalue weighted by molar-refractivity contribution is -0.142. The highest BCUT2D eigenvalue weighted by Gasteiger charge is 2.18. The molecular formula is C16H21NO6S. The van der Waals surface area contributed by atoms with Gasteiger partial charge in [0.05, 0.1) is 11.5 Å². The van der Waals surface area contributed by atoms with Crippen LogP contribution in [0, 0.1) is 5.92 Å². The van der Waals surface area contributed by atoms with Gasteiger partial charge in [-0.25, -0.2) is 10.3 Å². The van der Waals surface area contributed by atoms with E-state index in [-0.39, 0.29) is 18.4 Å². The van der Waals surface area contributed by atoms with Gasteiger partial charge in [0.1, 0.15) is 0 Å². The molecule has 0 aliphatic carbocycles. The first-order chi connectivity index (χ1) is 11.4. The molecule has 0 spiro atoms. The standard InChI is InChI=1S/C16H21NO6S/c18-14(17-23)6-8-24-7-2-5-13(16(21)22)10-11-3-1-4-12(9-11)15(19)20/h1,3-4,9,13,23H,2,5-8,10H2,(H,17,18)(H,19,20)(H,21,22). The summed E-state index contributed by atoms with van der Waals surface area (Å²) in [5.41, 5.74) is 2.39. The molecule has 24 heavy (non-hydrogen) atoms. The first-order valence-electron chi connectivity index (χ1n) is 7.49. The molecule has 0 saturated carbocycles. The first-order valence-corrected chi connectivity index (χ1v) is 8.65.